The number of anilines is 1. The van der Waals surface area contributed by atoms with Crippen LogP contribution in [0.25, 0.3) is 0 Å². The molecule has 1 rings (SSSR count). The summed E-state index contributed by atoms with van der Waals surface area (Å²) >= 11 is 0. The van der Waals surface area contributed by atoms with Crippen molar-refractivity contribution in [3.05, 3.63) is 12.3 Å². The number of hydrogen-bond donors (Lipinski definition) is 1. The molecule has 0 spiro atoms. The van der Waals surface area contributed by atoms with Crippen LogP contribution in [0.1, 0.15) is 0 Å². The number of aromatic nitrogens is 2. The standard InChI is InChI=1S/C6H9N3O/c1-9(2)5-3-4-7-6(10)8-5/h3-4H,1-2H3,(H,7,8,10). The van der Waals surface area contributed by atoms with E-state index in [1.54, 1.807) is 11.0 Å². The van der Waals surface area contributed by atoms with Crippen LogP contribution in [0.3, 0.4) is 0 Å². The van der Waals surface area contributed by atoms with Crippen LogP contribution in [0, 0.1) is 0 Å². The zero-order valence-corrected chi connectivity index (χ0v) is 5.94. The van der Waals surface area contributed by atoms with Crippen molar-refractivity contribution in [2.45, 2.75) is 0 Å². The minimum atomic E-state index is -0.189. The fourth-order valence-corrected chi connectivity index (χ4v) is 0.588. The van der Waals surface area contributed by atoms with Gasteiger partial charge in [-0.15, -0.1) is 0 Å². The molecule has 0 radical (unpaired) electrons. The van der Waals surface area contributed by atoms with E-state index in [1.165, 1.54) is 6.20 Å². The Morgan fingerprint density at radius 2 is 2.20 bits per heavy atom. The molecule has 0 atom stereocenters. The molecule has 1 aromatic rings. The quantitative estimate of drug-likeness (QED) is 0.605. The van der Waals surface area contributed by atoms with Gasteiger partial charge in [-0.2, -0.15) is 4.98 Å². The summed E-state index contributed by atoms with van der Waals surface area (Å²) in [7, 11) is 3.70. The molecule has 0 bridgehead atoms. The van der Waals surface area contributed by atoms with Gasteiger partial charge in [0.05, 0.1) is 0 Å². The van der Waals surface area contributed by atoms with E-state index in [9.17, 15) is 0 Å². The molecule has 0 aliphatic carbocycles. The minimum Gasteiger partial charge on any atom is -0.479 e. The molecule has 0 saturated heterocycles. The Labute approximate surface area is 59.2 Å². The molecule has 1 aromatic heterocycles. The highest BCUT2D eigenvalue weighted by Crippen LogP contribution is 2.07. The molecule has 1 N–H and O–H groups in total. The maximum absolute atomic E-state index is 8.81. The SMILES string of the molecule is CN(C)c1ccnc(O)n1. The third-order valence-electron chi connectivity index (χ3n) is 1.09. The van der Waals surface area contributed by atoms with Crippen molar-refractivity contribution in [2.24, 2.45) is 0 Å². The van der Waals surface area contributed by atoms with E-state index < -0.39 is 0 Å². The van der Waals surface area contributed by atoms with Gasteiger partial charge in [0, 0.05) is 20.3 Å². The van der Waals surface area contributed by atoms with E-state index in [-0.39, 0.29) is 6.01 Å². The first-order valence-corrected chi connectivity index (χ1v) is 2.89. The Bertz CT molecular complexity index is 224. The maximum Gasteiger partial charge on any atom is 0.315 e. The van der Waals surface area contributed by atoms with Crippen molar-refractivity contribution in [3.63, 3.8) is 0 Å². The van der Waals surface area contributed by atoms with E-state index in [1.807, 2.05) is 14.1 Å². The highest BCUT2D eigenvalue weighted by molar-refractivity contribution is 5.35. The van der Waals surface area contributed by atoms with Gasteiger partial charge in [-0.05, 0) is 6.07 Å². The largest absolute Gasteiger partial charge is 0.479 e. The summed E-state index contributed by atoms with van der Waals surface area (Å²) in [6.07, 6.45) is 1.51. The predicted molar refractivity (Wildman–Crippen MR) is 38.0 cm³/mol. The van der Waals surface area contributed by atoms with Gasteiger partial charge in [-0.3, -0.25) is 0 Å². The second-order valence-corrected chi connectivity index (χ2v) is 2.11. The smallest absolute Gasteiger partial charge is 0.315 e. The summed E-state index contributed by atoms with van der Waals surface area (Å²) in [6, 6.07) is 1.53. The van der Waals surface area contributed by atoms with Gasteiger partial charge < -0.3 is 10.0 Å². The Hall–Kier alpha value is -1.32. The molecule has 0 unspecified atom stereocenters. The Kier molecular flexibility index (Phi) is 1.71. The lowest BCUT2D eigenvalue weighted by atomic mass is 10.5. The lowest BCUT2D eigenvalue weighted by Crippen LogP contribution is -2.10. The fourth-order valence-electron chi connectivity index (χ4n) is 0.588. The van der Waals surface area contributed by atoms with E-state index in [2.05, 4.69) is 9.97 Å². The Morgan fingerprint density at radius 3 is 2.60 bits per heavy atom. The fraction of sp³-hybridized carbons (Fsp3) is 0.333. The molecule has 0 saturated carbocycles. The molecular weight excluding hydrogens is 130 g/mol. The second kappa shape index (κ2) is 2.51. The van der Waals surface area contributed by atoms with Crippen LogP contribution in [-0.4, -0.2) is 29.2 Å². The van der Waals surface area contributed by atoms with Crippen molar-refractivity contribution in [1.29, 1.82) is 0 Å². The zero-order chi connectivity index (χ0) is 7.56. The molecule has 1 heterocycles. The van der Waals surface area contributed by atoms with Gasteiger partial charge in [0.15, 0.2) is 0 Å². The van der Waals surface area contributed by atoms with Crippen LogP contribution in [0.2, 0.25) is 0 Å². The number of hydrogen-bond acceptors (Lipinski definition) is 4. The average molecular weight is 139 g/mol. The molecule has 54 valence electrons. The average Bonchev–Trinajstić information content (AvgIpc) is 1.88. The van der Waals surface area contributed by atoms with Crippen LogP contribution in [0.5, 0.6) is 6.01 Å². The third kappa shape index (κ3) is 1.34. The van der Waals surface area contributed by atoms with Gasteiger partial charge >= 0.3 is 6.01 Å². The highest BCUT2D eigenvalue weighted by atomic mass is 16.3. The van der Waals surface area contributed by atoms with Gasteiger partial charge in [-0.25, -0.2) is 4.98 Å². The van der Waals surface area contributed by atoms with Crippen LogP contribution in [0.15, 0.2) is 12.3 Å². The summed E-state index contributed by atoms with van der Waals surface area (Å²) in [5, 5.41) is 8.81. The summed E-state index contributed by atoms with van der Waals surface area (Å²) in [6.45, 7) is 0. The van der Waals surface area contributed by atoms with Crippen LogP contribution in [0.4, 0.5) is 5.82 Å². The van der Waals surface area contributed by atoms with Crippen molar-refractivity contribution in [3.8, 4) is 6.01 Å². The topological polar surface area (TPSA) is 49.2 Å². The van der Waals surface area contributed by atoms with Crippen LogP contribution in [-0.2, 0) is 0 Å². The van der Waals surface area contributed by atoms with Crippen LogP contribution >= 0.6 is 0 Å². The molecule has 0 aromatic carbocycles. The number of nitrogens with zero attached hydrogens (tertiary/aromatic N) is 3. The molecule has 0 aliphatic heterocycles. The number of aromatic hydroxyl groups is 1. The van der Waals surface area contributed by atoms with Crippen LogP contribution < -0.4 is 4.90 Å². The van der Waals surface area contributed by atoms with Crippen molar-refractivity contribution < 1.29 is 5.11 Å². The summed E-state index contributed by atoms with van der Waals surface area (Å²) in [5.41, 5.74) is 0. The molecule has 0 aliphatic rings. The van der Waals surface area contributed by atoms with E-state index in [0.717, 1.165) is 0 Å². The molecule has 4 nitrogen and oxygen atoms in total. The molecule has 4 heteroatoms. The number of rotatable bonds is 1. The lowest BCUT2D eigenvalue weighted by molar-refractivity contribution is 0.430. The highest BCUT2D eigenvalue weighted by Gasteiger charge is 1.96. The summed E-state index contributed by atoms with van der Waals surface area (Å²) < 4.78 is 0. The van der Waals surface area contributed by atoms with Gasteiger partial charge in [0.2, 0.25) is 0 Å². The first-order chi connectivity index (χ1) is 4.70. The Balaban J connectivity index is 2.96. The minimum absolute atomic E-state index is 0.189. The zero-order valence-electron chi connectivity index (χ0n) is 5.94. The molecule has 10 heavy (non-hydrogen) atoms. The van der Waals surface area contributed by atoms with Gasteiger partial charge in [0.1, 0.15) is 5.82 Å². The lowest BCUT2D eigenvalue weighted by Gasteiger charge is -2.09. The van der Waals surface area contributed by atoms with Gasteiger partial charge in [-0.1, -0.05) is 0 Å². The molecule has 0 amide bonds. The van der Waals surface area contributed by atoms with Crippen molar-refractivity contribution in [2.75, 3.05) is 19.0 Å². The first-order valence-electron chi connectivity index (χ1n) is 2.89. The predicted octanol–water partition coefficient (Wildman–Crippen LogP) is 0.248. The van der Waals surface area contributed by atoms with E-state index >= 15 is 0 Å². The van der Waals surface area contributed by atoms with Crippen molar-refractivity contribution in [1.82, 2.24) is 9.97 Å². The third-order valence-corrected chi connectivity index (χ3v) is 1.09. The monoisotopic (exact) mass is 139 g/mol. The van der Waals surface area contributed by atoms with E-state index in [4.69, 9.17) is 5.11 Å². The first kappa shape index (κ1) is 6.80. The van der Waals surface area contributed by atoms with E-state index in [0.29, 0.717) is 5.82 Å². The second-order valence-electron chi connectivity index (χ2n) is 2.11. The molecular formula is C6H9N3O. The molecule has 0 fully saturated rings. The summed E-state index contributed by atoms with van der Waals surface area (Å²) in [4.78, 5) is 9.08. The Morgan fingerprint density at radius 1 is 1.50 bits per heavy atom. The van der Waals surface area contributed by atoms with Gasteiger partial charge in [0.25, 0.3) is 0 Å². The van der Waals surface area contributed by atoms with Crippen molar-refractivity contribution >= 4 is 5.82 Å². The normalized spacial score (nSPS) is 9.40. The maximum atomic E-state index is 8.81. The summed E-state index contributed by atoms with van der Waals surface area (Å²) in [5.74, 6) is 0.701.